The number of benzene rings is 1. The molecule has 0 radical (unpaired) electrons. The molecule has 1 fully saturated rings. The van der Waals surface area contributed by atoms with Crippen LogP contribution in [0.5, 0.6) is 5.75 Å². The van der Waals surface area contributed by atoms with Crippen molar-refractivity contribution in [1.82, 2.24) is 10.2 Å². The average Bonchev–Trinajstić information content (AvgIpc) is 2.48. The highest BCUT2D eigenvalue weighted by Gasteiger charge is 2.22. The van der Waals surface area contributed by atoms with Crippen LogP contribution in [0.3, 0.4) is 0 Å². The van der Waals surface area contributed by atoms with E-state index in [1.165, 1.54) is 0 Å². The number of methoxy groups -OCH3 is 1. The molecule has 0 spiro atoms. The van der Waals surface area contributed by atoms with Crippen molar-refractivity contribution >= 4 is 11.8 Å². The summed E-state index contributed by atoms with van der Waals surface area (Å²) in [6.45, 7) is 3.00. The van der Waals surface area contributed by atoms with Crippen LogP contribution in [0.25, 0.3) is 0 Å². The molecule has 0 unspecified atom stereocenters. The Morgan fingerprint density at radius 2 is 1.80 bits per heavy atom. The van der Waals surface area contributed by atoms with Crippen LogP contribution in [0.2, 0.25) is 0 Å². The van der Waals surface area contributed by atoms with E-state index >= 15 is 0 Å². The smallest absolute Gasteiger partial charge is 0.251 e. The van der Waals surface area contributed by atoms with Crippen molar-refractivity contribution in [3.63, 3.8) is 0 Å². The number of carbonyl (C=O) groups is 2. The summed E-state index contributed by atoms with van der Waals surface area (Å²) in [5, 5.41) is 3.01. The highest BCUT2D eigenvalue weighted by Crippen LogP contribution is 2.14. The molecule has 0 aliphatic carbocycles. The maximum atomic E-state index is 12.1. The van der Waals surface area contributed by atoms with Gasteiger partial charge in [-0.2, -0.15) is 0 Å². The summed E-state index contributed by atoms with van der Waals surface area (Å²) in [4.78, 5) is 25.1. The summed E-state index contributed by atoms with van der Waals surface area (Å²) < 4.78 is 5.06. The Morgan fingerprint density at radius 3 is 2.30 bits per heavy atom. The van der Waals surface area contributed by atoms with E-state index in [9.17, 15) is 9.59 Å². The van der Waals surface area contributed by atoms with Crippen molar-refractivity contribution in [2.75, 3.05) is 20.2 Å². The van der Waals surface area contributed by atoms with Crippen LogP contribution in [0.4, 0.5) is 0 Å². The number of piperidine rings is 1. The largest absolute Gasteiger partial charge is 0.497 e. The molecule has 1 saturated heterocycles. The van der Waals surface area contributed by atoms with Gasteiger partial charge in [0.2, 0.25) is 5.91 Å². The van der Waals surface area contributed by atoms with Crippen molar-refractivity contribution in [2.24, 2.45) is 0 Å². The topological polar surface area (TPSA) is 58.6 Å². The number of rotatable bonds is 3. The van der Waals surface area contributed by atoms with Gasteiger partial charge in [0.1, 0.15) is 5.75 Å². The van der Waals surface area contributed by atoms with Gasteiger partial charge in [-0.25, -0.2) is 0 Å². The summed E-state index contributed by atoms with van der Waals surface area (Å²) >= 11 is 0. The zero-order valence-corrected chi connectivity index (χ0v) is 11.9. The fourth-order valence-corrected chi connectivity index (χ4v) is 2.35. The predicted molar refractivity (Wildman–Crippen MR) is 75.7 cm³/mol. The minimum Gasteiger partial charge on any atom is -0.497 e. The lowest BCUT2D eigenvalue weighted by molar-refractivity contribution is -0.129. The van der Waals surface area contributed by atoms with E-state index in [1.54, 1.807) is 38.3 Å². The molecule has 1 aliphatic rings. The van der Waals surface area contributed by atoms with Gasteiger partial charge in [-0.3, -0.25) is 9.59 Å². The molecule has 20 heavy (non-hydrogen) atoms. The molecule has 0 saturated carbocycles. The summed E-state index contributed by atoms with van der Waals surface area (Å²) in [6, 6.07) is 7.18. The van der Waals surface area contributed by atoms with E-state index in [-0.39, 0.29) is 17.9 Å². The Labute approximate surface area is 118 Å². The molecule has 5 heteroatoms. The van der Waals surface area contributed by atoms with Crippen LogP contribution in [0, 0.1) is 0 Å². The third kappa shape index (κ3) is 3.50. The molecule has 1 heterocycles. The second-order valence-corrected chi connectivity index (χ2v) is 4.98. The van der Waals surface area contributed by atoms with Gasteiger partial charge >= 0.3 is 0 Å². The molecule has 0 aromatic heterocycles. The van der Waals surface area contributed by atoms with Gasteiger partial charge in [0.25, 0.3) is 5.91 Å². The summed E-state index contributed by atoms with van der Waals surface area (Å²) in [6.07, 6.45) is 1.61. The Hall–Kier alpha value is -2.04. The highest BCUT2D eigenvalue weighted by molar-refractivity contribution is 5.94. The average molecular weight is 276 g/mol. The zero-order valence-electron chi connectivity index (χ0n) is 11.9. The number of amides is 2. The van der Waals surface area contributed by atoms with Crippen LogP contribution < -0.4 is 10.1 Å². The van der Waals surface area contributed by atoms with Crippen molar-refractivity contribution in [1.29, 1.82) is 0 Å². The molecule has 1 aromatic rings. The van der Waals surface area contributed by atoms with Crippen molar-refractivity contribution < 1.29 is 14.3 Å². The molecule has 1 N–H and O–H groups in total. The SMILES string of the molecule is COc1ccc(C(=O)NC2CCN(C(C)=O)CC2)cc1. The first-order valence-corrected chi connectivity index (χ1v) is 6.80. The van der Waals surface area contributed by atoms with Gasteiger partial charge in [0.15, 0.2) is 0 Å². The van der Waals surface area contributed by atoms with Gasteiger partial charge in [-0.1, -0.05) is 0 Å². The molecule has 0 atom stereocenters. The van der Waals surface area contributed by atoms with Crippen molar-refractivity contribution in [2.45, 2.75) is 25.8 Å². The van der Waals surface area contributed by atoms with E-state index < -0.39 is 0 Å². The number of ether oxygens (including phenoxy) is 1. The number of nitrogens with one attached hydrogen (secondary N) is 1. The summed E-state index contributed by atoms with van der Waals surface area (Å²) in [7, 11) is 1.60. The standard InChI is InChI=1S/C15H20N2O3/c1-11(18)17-9-7-13(8-10-17)16-15(19)12-3-5-14(20-2)6-4-12/h3-6,13H,7-10H2,1-2H3,(H,16,19). The van der Waals surface area contributed by atoms with Gasteiger partial charge in [0, 0.05) is 31.6 Å². The highest BCUT2D eigenvalue weighted by atomic mass is 16.5. The van der Waals surface area contributed by atoms with E-state index in [4.69, 9.17) is 4.74 Å². The molecule has 108 valence electrons. The molecule has 0 bridgehead atoms. The lowest BCUT2D eigenvalue weighted by Gasteiger charge is -2.31. The van der Waals surface area contributed by atoms with Gasteiger partial charge in [0.05, 0.1) is 7.11 Å². The zero-order chi connectivity index (χ0) is 14.5. The molecule has 5 nitrogen and oxygen atoms in total. The number of nitrogens with zero attached hydrogens (tertiary/aromatic N) is 1. The van der Waals surface area contributed by atoms with E-state index in [2.05, 4.69) is 5.32 Å². The molecule has 2 amide bonds. The van der Waals surface area contributed by atoms with Crippen LogP contribution >= 0.6 is 0 Å². The van der Waals surface area contributed by atoms with Crippen LogP contribution in [-0.2, 0) is 4.79 Å². The normalized spacial score (nSPS) is 15.8. The van der Waals surface area contributed by atoms with Crippen LogP contribution in [-0.4, -0.2) is 43.0 Å². The Balaban J connectivity index is 1.87. The van der Waals surface area contributed by atoms with Crippen LogP contribution in [0.1, 0.15) is 30.1 Å². The molecular weight excluding hydrogens is 256 g/mol. The molecular formula is C15H20N2O3. The second-order valence-electron chi connectivity index (χ2n) is 4.98. The Bertz CT molecular complexity index is 476. The number of likely N-dealkylation sites (tertiary alicyclic amines) is 1. The minimum atomic E-state index is -0.0751. The first kappa shape index (κ1) is 14.4. The van der Waals surface area contributed by atoms with Crippen molar-refractivity contribution in [3.8, 4) is 5.75 Å². The first-order valence-electron chi connectivity index (χ1n) is 6.80. The van der Waals surface area contributed by atoms with Crippen molar-refractivity contribution in [3.05, 3.63) is 29.8 Å². The fourth-order valence-electron chi connectivity index (χ4n) is 2.35. The van der Waals surface area contributed by atoms with E-state index in [1.807, 2.05) is 4.90 Å². The summed E-state index contributed by atoms with van der Waals surface area (Å²) in [5.74, 6) is 0.759. The summed E-state index contributed by atoms with van der Waals surface area (Å²) in [5.41, 5.74) is 0.625. The van der Waals surface area contributed by atoms with Crippen LogP contribution in [0.15, 0.2) is 24.3 Å². The van der Waals surface area contributed by atoms with E-state index in [0.717, 1.165) is 18.6 Å². The third-order valence-corrected chi connectivity index (χ3v) is 3.63. The fraction of sp³-hybridized carbons (Fsp3) is 0.467. The Morgan fingerprint density at radius 1 is 1.20 bits per heavy atom. The lowest BCUT2D eigenvalue weighted by atomic mass is 10.0. The Kier molecular flexibility index (Phi) is 4.61. The predicted octanol–water partition coefficient (Wildman–Crippen LogP) is 1.44. The quantitative estimate of drug-likeness (QED) is 0.908. The molecule has 1 aromatic carbocycles. The number of hydrogen-bond donors (Lipinski definition) is 1. The maximum Gasteiger partial charge on any atom is 0.251 e. The lowest BCUT2D eigenvalue weighted by Crippen LogP contribution is -2.45. The third-order valence-electron chi connectivity index (χ3n) is 3.63. The second kappa shape index (κ2) is 6.41. The number of carbonyl (C=O) groups excluding carboxylic acids is 2. The minimum absolute atomic E-state index is 0.0751. The van der Waals surface area contributed by atoms with Gasteiger partial charge in [-0.05, 0) is 37.1 Å². The van der Waals surface area contributed by atoms with Gasteiger partial charge < -0.3 is 15.0 Å². The molecule has 1 aliphatic heterocycles. The maximum absolute atomic E-state index is 12.1. The van der Waals surface area contributed by atoms with Gasteiger partial charge in [-0.15, -0.1) is 0 Å². The monoisotopic (exact) mass is 276 g/mol. The van der Waals surface area contributed by atoms with E-state index in [0.29, 0.717) is 18.7 Å². The number of hydrogen-bond acceptors (Lipinski definition) is 3. The first-order chi connectivity index (χ1) is 9.60. The molecule has 2 rings (SSSR count).